The first-order valence-corrected chi connectivity index (χ1v) is 6.31. The van der Waals surface area contributed by atoms with Crippen LogP contribution in [0.3, 0.4) is 0 Å². The molecule has 2 heteroatoms. The first-order valence-electron chi connectivity index (χ1n) is 6.31. The van der Waals surface area contributed by atoms with E-state index in [1.807, 2.05) is 6.92 Å². The van der Waals surface area contributed by atoms with Crippen molar-refractivity contribution in [2.45, 2.75) is 32.7 Å². The van der Waals surface area contributed by atoms with Crippen molar-refractivity contribution in [1.82, 2.24) is 0 Å². The number of hydrogen-bond donors (Lipinski definition) is 1. The van der Waals surface area contributed by atoms with Crippen molar-refractivity contribution in [3.8, 4) is 0 Å². The molecule has 1 unspecified atom stereocenters. The summed E-state index contributed by atoms with van der Waals surface area (Å²) in [6.07, 6.45) is 2.68. The van der Waals surface area contributed by atoms with E-state index in [1.54, 1.807) is 0 Å². The number of hydrogen-bond acceptors (Lipinski definition) is 2. The van der Waals surface area contributed by atoms with Gasteiger partial charge in [0, 0.05) is 24.8 Å². The monoisotopic (exact) mass is 218 g/mol. The van der Waals surface area contributed by atoms with E-state index in [-0.39, 0.29) is 6.04 Å². The van der Waals surface area contributed by atoms with E-state index in [1.165, 1.54) is 37.2 Å². The van der Waals surface area contributed by atoms with Crippen LogP contribution in [0.25, 0.3) is 0 Å². The second-order valence-corrected chi connectivity index (χ2v) is 4.94. The molecule has 1 aliphatic rings. The third-order valence-electron chi connectivity index (χ3n) is 3.44. The van der Waals surface area contributed by atoms with E-state index in [4.69, 9.17) is 5.73 Å². The summed E-state index contributed by atoms with van der Waals surface area (Å²) < 4.78 is 0. The third kappa shape index (κ3) is 2.38. The van der Waals surface area contributed by atoms with Crippen LogP contribution >= 0.6 is 0 Å². The second-order valence-electron chi connectivity index (χ2n) is 4.94. The van der Waals surface area contributed by atoms with Crippen LogP contribution in [0.4, 0.5) is 5.69 Å². The molecular formula is C14H22N2. The maximum atomic E-state index is 5.83. The van der Waals surface area contributed by atoms with Crippen LogP contribution in [0.15, 0.2) is 24.3 Å². The van der Waals surface area contributed by atoms with Crippen LogP contribution in [-0.4, -0.2) is 13.1 Å². The Bertz CT molecular complexity index is 323. The lowest BCUT2D eigenvalue weighted by molar-refractivity contribution is 0.380. The molecule has 1 aromatic carbocycles. The zero-order chi connectivity index (χ0) is 11.5. The highest BCUT2D eigenvalue weighted by Crippen LogP contribution is 2.27. The van der Waals surface area contributed by atoms with Gasteiger partial charge < -0.3 is 10.6 Å². The molecule has 88 valence electrons. The molecule has 0 radical (unpaired) electrons. The van der Waals surface area contributed by atoms with Crippen molar-refractivity contribution in [2.75, 3.05) is 18.0 Å². The molecule has 1 aromatic rings. The summed E-state index contributed by atoms with van der Waals surface area (Å²) >= 11 is 0. The molecule has 2 N–H and O–H groups in total. The molecule has 0 amide bonds. The summed E-state index contributed by atoms with van der Waals surface area (Å²) in [7, 11) is 0. The standard InChI is InChI=1S/C14H22N2/c1-3-4-12-9-16(10-12)14-7-5-13(6-8-14)11(2)15/h5-8,11-12H,3-4,9-10,15H2,1-2H3. The molecule has 2 rings (SSSR count). The second kappa shape index (κ2) is 4.88. The molecule has 1 fully saturated rings. The summed E-state index contributed by atoms with van der Waals surface area (Å²) in [4.78, 5) is 2.45. The van der Waals surface area contributed by atoms with Crippen LogP contribution < -0.4 is 10.6 Å². The molecule has 1 atom stereocenters. The van der Waals surface area contributed by atoms with Crippen LogP contribution in [0.1, 0.15) is 38.3 Å². The van der Waals surface area contributed by atoms with Crippen LogP contribution in [0.5, 0.6) is 0 Å². The summed E-state index contributed by atoms with van der Waals surface area (Å²) in [5.41, 5.74) is 8.40. The van der Waals surface area contributed by atoms with Crippen molar-refractivity contribution >= 4 is 5.69 Å². The van der Waals surface area contributed by atoms with Gasteiger partial charge in [0.15, 0.2) is 0 Å². The highest BCUT2D eigenvalue weighted by Gasteiger charge is 2.25. The predicted molar refractivity (Wildman–Crippen MR) is 69.7 cm³/mol. The minimum atomic E-state index is 0.137. The smallest absolute Gasteiger partial charge is 0.0366 e. The van der Waals surface area contributed by atoms with Crippen molar-refractivity contribution in [1.29, 1.82) is 0 Å². The Morgan fingerprint density at radius 1 is 1.31 bits per heavy atom. The normalized spacial score (nSPS) is 18.3. The van der Waals surface area contributed by atoms with Gasteiger partial charge in [-0.1, -0.05) is 25.5 Å². The van der Waals surface area contributed by atoms with E-state index < -0.39 is 0 Å². The van der Waals surface area contributed by atoms with Gasteiger partial charge in [-0.25, -0.2) is 0 Å². The quantitative estimate of drug-likeness (QED) is 0.842. The number of benzene rings is 1. The SMILES string of the molecule is CCCC1CN(c2ccc(C(C)N)cc2)C1. The highest BCUT2D eigenvalue weighted by molar-refractivity contribution is 5.50. The van der Waals surface area contributed by atoms with Gasteiger partial charge in [0.2, 0.25) is 0 Å². The van der Waals surface area contributed by atoms with Gasteiger partial charge in [-0.05, 0) is 37.0 Å². The van der Waals surface area contributed by atoms with Crippen LogP contribution in [0, 0.1) is 5.92 Å². The molecule has 1 saturated heterocycles. The number of anilines is 1. The van der Waals surface area contributed by atoms with E-state index in [0.717, 1.165) is 5.92 Å². The van der Waals surface area contributed by atoms with Gasteiger partial charge in [0.25, 0.3) is 0 Å². The summed E-state index contributed by atoms with van der Waals surface area (Å²) in [5, 5.41) is 0. The van der Waals surface area contributed by atoms with Crippen LogP contribution in [-0.2, 0) is 0 Å². The van der Waals surface area contributed by atoms with Gasteiger partial charge in [0.05, 0.1) is 0 Å². The first-order chi connectivity index (χ1) is 7.70. The van der Waals surface area contributed by atoms with E-state index in [0.29, 0.717) is 0 Å². The van der Waals surface area contributed by atoms with Crippen molar-refractivity contribution in [3.63, 3.8) is 0 Å². The molecular weight excluding hydrogens is 196 g/mol. The Kier molecular flexibility index (Phi) is 3.49. The lowest BCUT2D eigenvalue weighted by Crippen LogP contribution is -2.46. The average Bonchev–Trinajstić information content (AvgIpc) is 2.23. The van der Waals surface area contributed by atoms with E-state index in [2.05, 4.69) is 36.1 Å². The average molecular weight is 218 g/mol. The van der Waals surface area contributed by atoms with Crippen molar-refractivity contribution in [2.24, 2.45) is 11.7 Å². The maximum Gasteiger partial charge on any atom is 0.0366 e. The van der Waals surface area contributed by atoms with Crippen molar-refractivity contribution < 1.29 is 0 Å². The Morgan fingerprint density at radius 2 is 1.94 bits per heavy atom. The van der Waals surface area contributed by atoms with Gasteiger partial charge >= 0.3 is 0 Å². The Labute approximate surface area is 98.4 Å². The topological polar surface area (TPSA) is 29.3 Å². The zero-order valence-corrected chi connectivity index (χ0v) is 10.3. The van der Waals surface area contributed by atoms with Gasteiger partial charge in [-0.15, -0.1) is 0 Å². The highest BCUT2D eigenvalue weighted by atomic mass is 15.2. The zero-order valence-electron chi connectivity index (χ0n) is 10.3. The minimum Gasteiger partial charge on any atom is -0.371 e. The summed E-state index contributed by atoms with van der Waals surface area (Å²) in [6.45, 7) is 6.74. The molecule has 16 heavy (non-hydrogen) atoms. The molecule has 0 aliphatic carbocycles. The predicted octanol–water partition coefficient (Wildman–Crippen LogP) is 2.94. The molecule has 0 bridgehead atoms. The third-order valence-corrected chi connectivity index (χ3v) is 3.44. The molecule has 0 saturated carbocycles. The number of rotatable bonds is 4. The lowest BCUT2D eigenvalue weighted by atomic mass is 9.94. The molecule has 1 aliphatic heterocycles. The Balaban J connectivity index is 1.92. The summed E-state index contributed by atoms with van der Waals surface area (Å²) in [6, 6.07) is 8.82. The van der Waals surface area contributed by atoms with E-state index >= 15 is 0 Å². The lowest BCUT2D eigenvalue weighted by Gasteiger charge is -2.41. The van der Waals surface area contributed by atoms with Crippen LogP contribution in [0.2, 0.25) is 0 Å². The molecule has 0 aromatic heterocycles. The van der Waals surface area contributed by atoms with Gasteiger partial charge in [-0.3, -0.25) is 0 Å². The molecule has 0 spiro atoms. The Hall–Kier alpha value is -1.02. The fourth-order valence-electron chi connectivity index (χ4n) is 2.36. The maximum absolute atomic E-state index is 5.83. The number of nitrogens with zero attached hydrogens (tertiary/aromatic N) is 1. The summed E-state index contributed by atoms with van der Waals surface area (Å²) in [5.74, 6) is 0.915. The fraction of sp³-hybridized carbons (Fsp3) is 0.571. The first kappa shape index (κ1) is 11.5. The Morgan fingerprint density at radius 3 is 2.44 bits per heavy atom. The van der Waals surface area contributed by atoms with Crippen molar-refractivity contribution in [3.05, 3.63) is 29.8 Å². The van der Waals surface area contributed by atoms with Gasteiger partial charge in [0.1, 0.15) is 0 Å². The minimum absolute atomic E-state index is 0.137. The molecule has 2 nitrogen and oxygen atoms in total. The largest absolute Gasteiger partial charge is 0.371 e. The van der Waals surface area contributed by atoms with Gasteiger partial charge in [-0.2, -0.15) is 0 Å². The molecule has 1 heterocycles. The van der Waals surface area contributed by atoms with E-state index in [9.17, 15) is 0 Å². The number of nitrogens with two attached hydrogens (primary N) is 1. The fourth-order valence-corrected chi connectivity index (χ4v) is 2.36.